The van der Waals surface area contributed by atoms with Gasteiger partial charge in [-0.2, -0.15) is 0 Å². The highest BCUT2D eigenvalue weighted by Gasteiger charge is 2.84. The molecule has 1 amide bonds. The standard InChI is InChI=1S/C16H19NO2/c1-2-3-11(18)17-6-16(19)14-8-5-9-12-7(8)4-10(14)13(12)15(9)16/h7-10,12-15,19H,4-6H2,1H3,(H,17,18). The zero-order chi connectivity index (χ0) is 12.9. The summed E-state index contributed by atoms with van der Waals surface area (Å²) in [5.41, 5.74) is -0.615. The average Bonchev–Trinajstić information content (AvgIpc) is 2.86. The third kappa shape index (κ3) is 0.932. The average molecular weight is 257 g/mol. The lowest BCUT2D eigenvalue weighted by atomic mass is 9.56. The number of amides is 1. The Morgan fingerprint density at radius 2 is 1.95 bits per heavy atom. The van der Waals surface area contributed by atoms with Crippen LogP contribution in [0.4, 0.5) is 0 Å². The van der Waals surface area contributed by atoms with E-state index in [1.165, 1.54) is 12.8 Å². The molecule has 5 fully saturated rings. The van der Waals surface area contributed by atoms with Crippen LogP contribution < -0.4 is 5.32 Å². The van der Waals surface area contributed by atoms with Crippen molar-refractivity contribution in [3.63, 3.8) is 0 Å². The maximum atomic E-state index is 11.5. The van der Waals surface area contributed by atoms with Crippen LogP contribution in [-0.2, 0) is 4.79 Å². The molecule has 100 valence electrons. The van der Waals surface area contributed by atoms with Crippen LogP contribution in [0.3, 0.4) is 0 Å². The van der Waals surface area contributed by atoms with Crippen molar-refractivity contribution in [3.8, 4) is 11.8 Å². The van der Waals surface area contributed by atoms with Crippen molar-refractivity contribution in [2.24, 2.45) is 47.3 Å². The molecule has 3 heteroatoms. The Hall–Kier alpha value is -1.01. The smallest absolute Gasteiger partial charge is 0.295 e. The number of hydrogen-bond acceptors (Lipinski definition) is 2. The van der Waals surface area contributed by atoms with Crippen LogP contribution >= 0.6 is 0 Å². The van der Waals surface area contributed by atoms with Gasteiger partial charge in [-0.05, 0) is 73.0 Å². The van der Waals surface area contributed by atoms with Gasteiger partial charge in [-0.25, -0.2) is 0 Å². The maximum absolute atomic E-state index is 11.5. The second-order valence-corrected chi connectivity index (χ2v) is 7.38. The number of aliphatic hydroxyl groups is 1. The first kappa shape index (κ1) is 10.7. The number of fused-ring (bicyclic) bond motifs is 2. The summed E-state index contributed by atoms with van der Waals surface area (Å²) >= 11 is 0. The van der Waals surface area contributed by atoms with Gasteiger partial charge in [0.1, 0.15) is 0 Å². The molecule has 0 aliphatic heterocycles. The van der Waals surface area contributed by atoms with Gasteiger partial charge in [0.25, 0.3) is 5.91 Å². The predicted molar refractivity (Wildman–Crippen MR) is 68.6 cm³/mol. The topological polar surface area (TPSA) is 49.3 Å². The number of nitrogens with one attached hydrogen (secondary N) is 1. The summed E-state index contributed by atoms with van der Waals surface area (Å²) in [5, 5.41) is 14.1. The summed E-state index contributed by atoms with van der Waals surface area (Å²) in [5.74, 6) is 10.8. The fraction of sp³-hybridized carbons (Fsp3) is 0.812. The predicted octanol–water partition coefficient (Wildman–Crippen LogP) is 0.635. The molecule has 0 aromatic heterocycles. The molecule has 5 aliphatic carbocycles. The van der Waals surface area contributed by atoms with E-state index in [0.717, 1.165) is 35.5 Å². The lowest BCUT2D eigenvalue weighted by molar-refractivity contribution is -0.134. The number of carbonyl (C=O) groups is 1. The molecule has 0 aromatic rings. The minimum absolute atomic E-state index is 0.241. The van der Waals surface area contributed by atoms with Crippen LogP contribution in [0.2, 0.25) is 0 Å². The molecular formula is C16H19NO2. The number of hydrogen-bond donors (Lipinski definition) is 2. The van der Waals surface area contributed by atoms with Gasteiger partial charge < -0.3 is 10.4 Å². The quantitative estimate of drug-likeness (QED) is 0.713. The van der Waals surface area contributed by atoms with E-state index in [2.05, 4.69) is 17.2 Å². The van der Waals surface area contributed by atoms with Gasteiger partial charge in [0.05, 0.1) is 5.60 Å². The van der Waals surface area contributed by atoms with Gasteiger partial charge in [0, 0.05) is 6.54 Å². The first-order chi connectivity index (χ1) is 9.16. The van der Waals surface area contributed by atoms with E-state index in [0.29, 0.717) is 18.4 Å². The highest BCUT2D eigenvalue weighted by Crippen LogP contribution is 2.85. The molecular weight excluding hydrogens is 238 g/mol. The SMILES string of the molecule is CC#CC(=O)NCC1(O)C2C3CC4C5C3CC2C5C41. The molecule has 5 saturated carbocycles. The summed E-state index contributed by atoms with van der Waals surface area (Å²) in [6.45, 7) is 2.09. The molecule has 0 saturated heterocycles. The Morgan fingerprint density at radius 3 is 2.74 bits per heavy atom. The van der Waals surface area contributed by atoms with E-state index in [-0.39, 0.29) is 5.91 Å². The molecule has 9 unspecified atom stereocenters. The molecule has 9 atom stereocenters. The molecule has 5 aliphatic rings. The van der Waals surface area contributed by atoms with E-state index >= 15 is 0 Å². The Kier molecular flexibility index (Phi) is 1.70. The van der Waals surface area contributed by atoms with Gasteiger partial charge >= 0.3 is 0 Å². The highest BCUT2D eigenvalue weighted by molar-refractivity contribution is 5.93. The monoisotopic (exact) mass is 257 g/mol. The maximum Gasteiger partial charge on any atom is 0.295 e. The Labute approximate surface area is 113 Å². The van der Waals surface area contributed by atoms with Crippen molar-refractivity contribution in [2.45, 2.75) is 25.4 Å². The summed E-state index contributed by atoms with van der Waals surface area (Å²) < 4.78 is 0. The molecule has 2 N–H and O–H groups in total. The first-order valence-corrected chi connectivity index (χ1v) is 7.60. The van der Waals surface area contributed by atoms with Crippen molar-refractivity contribution in [1.29, 1.82) is 0 Å². The second kappa shape index (κ2) is 3.01. The fourth-order valence-corrected chi connectivity index (χ4v) is 7.34. The summed E-state index contributed by atoms with van der Waals surface area (Å²) in [6, 6.07) is 0. The van der Waals surface area contributed by atoms with Gasteiger partial charge in [-0.15, -0.1) is 0 Å². The van der Waals surface area contributed by atoms with Gasteiger partial charge in [-0.1, -0.05) is 5.92 Å². The minimum Gasteiger partial charge on any atom is -0.387 e. The van der Waals surface area contributed by atoms with Crippen molar-refractivity contribution in [2.75, 3.05) is 6.54 Å². The van der Waals surface area contributed by atoms with Crippen molar-refractivity contribution in [3.05, 3.63) is 0 Å². The molecule has 0 aromatic carbocycles. The van der Waals surface area contributed by atoms with Crippen LogP contribution in [0.5, 0.6) is 0 Å². The van der Waals surface area contributed by atoms with Crippen LogP contribution in [0.1, 0.15) is 19.8 Å². The van der Waals surface area contributed by atoms with E-state index in [9.17, 15) is 9.90 Å². The third-order valence-electron chi connectivity index (χ3n) is 7.29. The highest BCUT2D eigenvalue weighted by atomic mass is 16.3. The molecule has 0 spiro atoms. The van der Waals surface area contributed by atoms with Crippen LogP contribution in [0, 0.1) is 59.2 Å². The second-order valence-electron chi connectivity index (χ2n) is 7.38. The zero-order valence-electron chi connectivity index (χ0n) is 11.1. The molecule has 19 heavy (non-hydrogen) atoms. The molecule has 3 nitrogen and oxygen atoms in total. The first-order valence-electron chi connectivity index (χ1n) is 7.60. The molecule has 5 rings (SSSR count). The largest absolute Gasteiger partial charge is 0.387 e. The molecule has 0 heterocycles. The van der Waals surface area contributed by atoms with Crippen molar-refractivity contribution < 1.29 is 9.90 Å². The Morgan fingerprint density at radius 1 is 1.21 bits per heavy atom. The Bertz CT molecular complexity index is 541. The van der Waals surface area contributed by atoms with E-state index in [1.807, 2.05) is 0 Å². The fourth-order valence-electron chi connectivity index (χ4n) is 7.34. The van der Waals surface area contributed by atoms with Crippen LogP contribution in [0.15, 0.2) is 0 Å². The summed E-state index contributed by atoms with van der Waals surface area (Å²) in [4.78, 5) is 11.5. The number of rotatable bonds is 2. The van der Waals surface area contributed by atoms with E-state index in [1.54, 1.807) is 6.92 Å². The lowest BCUT2D eigenvalue weighted by Crippen LogP contribution is -2.58. The van der Waals surface area contributed by atoms with Crippen molar-refractivity contribution >= 4 is 5.91 Å². The minimum atomic E-state index is -0.615. The van der Waals surface area contributed by atoms with E-state index < -0.39 is 5.60 Å². The van der Waals surface area contributed by atoms with Crippen molar-refractivity contribution in [1.82, 2.24) is 5.32 Å². The third-order valence-corrected chi connectivity index (χ3v) is 7.29. The lowest BCUT2D eigenvalue weighted by Gasteiger charge is -2.51. The normalized spacial score (nSPS) is 60.9. The van der Waals surface area contributed by atoms with Gasteiger partial charge in [0.2, 0.25) is 0 Å². The summed E-state index contributed by atoms with van der Waals surface area (Å²) in [6.07, 6.45) is 2.73. The van der Waals surface area contributed by atoms with Gasteiger partial charge in [-0.3, -0.25) is 4.79 Å². The Balaban J connectivity index is 1.45. The van der Waals surface area contributed by atoms with Gasteiger partial charge in [0.15, 0.2) is 0 Å². The molecule has 0 radical (unpaired) electrons. The number of carbonyl (C=O) groups excluding carboxylic acids is 1. The summed E-state index contributed by atoms with van der Waals surface area (Å²) in [7, 11) is 0. The van der Waals surface area contributed by atoms with E-state index in [4.69, 9.17) is 0 Å². The van der Waals surface area contributed by atoms with Crippen LogP contribution in [-0.4, -0.2) is 23.2 Å². The molecule has 2 bridgehead atoms. The van der Waals surface area contributed by atoms with Crippen LogP contribution in [0.25, 0.3) is 0 Å². The zero-order valence-corrected chi connectivity index (χ0v) is 11.1.